The van der Waals surface area contributed by atoms with Gasteiger partial charge in [0.1, 0.15) is 5.82 Å². The number of amides is 4. The monoisotopic (exact) mass is 687 g/mol. The zero-order valence-electron chi connectivity index (χ0n) is 28.6. The molecule has 52 heavy (non-hydrogen) atoms. The van der Waals surface area contributed by atoms with Crippen LogP contribution in [0.2, 0.25) is 0 Å². The number of H-pyrrole nitrogens is 1. The number of fused-ring (bicyclic) bond motifs is 3. The fourth-order valence-electron chi connectivity index (χ4n) is 7.32. The van der Waals surface area contributed by atoms with Crippen LogP contribution >= 0.6 is 0 Å². The number of anilines is 1. The van der Waals surface area contributed by atoms with Gasteiger partial charge in [-0.3, -0.25) is 24.1 Å². The molecular weight excluding hydrogens is 651 g/mol. The summed E-state index contributed by atoms with van der Waals surface area (Å²) >= 11 is 0. The van der Waals surface area contributed by atoms with Crippen LogP contribution in [0.1, 0.15) is 84.3 Å². The second-order valence-electron chi connectivity index (χ2n) is 13.2. The van der Waals surface area contributed by atoms with E-state index in [1.54, 1.807) is 48.5 Å². The van der Waals surface area contributed by atoms with Crippen LogP contribution in [0.3, 0.4) is 0 Å². The van der Waals surface area contributed by atoms with Crippen LogP contribution in [-0.2, 0) is 12.8 Å². The molecular formula is C43H37N5O4. The Bertz CT molecular complexity index is 2230. The van der Waals surface area contributed by atoms with Crippen molar-refractivity contribution in [1.82, 2.24) is 19.8 Å². The lowest BCUT2D eigenvalue weighted by Gasteiger charge is -2.27. The largest absolute Gasteiger partial charge is 0.345 e. The van der Waals surface area contributed by atoms with E-state index in [4.69, 9.17) is 4.98 Å². The molecule has 0 unspecified atom stereocenters. The van der Waals surface area contributed by atoms with E-state index >= 15 is 0 Å². The van der Waals surface area contributed by atoms with Crippen molar-refractivity contribution in [3.8, 4) is 11.1 Å². The van der Waals surface area contributed by atoms with E-state index in [0.29, 0.717) is 60.3 Å². The molecule has 9 heteroatoms. The predicted octanol–water partition coefficient (Wildman–Crippen LogP) is 7.71. The molecule has 0 spiro atoms. The zero-order chi connectivity index (χ0) is 35.6. The highest BCUT2D eigenvalue weighted by molar-refractivity contribution is 6.21. The van der Waals surface area contributed by atoms with Crippen molar-refractivity contribution in [3.05, 3.63) is 160 Å². The number of imidazole rings is 1. The van der Waals surface area contributed by atoms with Crippen LogP contribution in [0, 0.1) is 0 Å². The summed E-state index contributed by atoms with van der Waals surface area (Å²) in [5.41, 5.74) is 8.29. The first-order valence-electron chi connectivity index (χ1n) is 17.8. The smallest absolute Gasteiger partial charge is 0.261 e. The number of carbonyl (C=O) groups excluding carboxylic acids is 4. The molecule has 5 aromatic rings. The van der Waals surface area contributed by atoms with Crippen molar-refractivity contribution in [3.63, 3.8) is 0 Å². The molecule has 0 radical (unpaired) electrons. The minimum atomic E-state index is -0.226. The van der Waals surface area contributed by atoms with Crippen molar-refractivity contribution in [1.29, 1.82) is 0 Å². The first kappa shape index (κ1) is 32.8. The second kappa shape index (κ2) is 14.1. The Balaban J connectivity index is 0.927. The van der Waals surface area contributed by atoms with E-state index in [9.17, 15) is 19.2 Å². The molecule has 9 nitrogen and oxygen atoms in total. The molecule has 1 aromatic heterocycles. The van der Waals surface area contributed by atoms with Gasteiger partial charge in [-0.25, -0.2) is 4.98 Å². The number of hydrogen-bond acceptors (Lipinski definition) is 5. The molecule has 3 heterocycles. The van der Waals surface area contributed by atoms with Crippen LogP contribution in [0.25, 0.3) is 16.7 Å². The Morgan fingerprint density at radius 2 is 1.46 bits per heavy atom. The van der Waals surface area contributed by atoms with E-state index in [2.05, 4.69) is 22.5 Å². The van der Waals surface area contributed by atoms with Gasteiger partial charge in [-0.05, 0) is 79.3 Å². The van der Waals surface area contributed by atoms with Gasteiger partial charge in [0.25, 0.3) is 23.6 Å². The third-order valence-electron chi connectivity index (χ3n) is 9.95. The highest BCUT2D eigenvalue weighted by Gasteiger charge is 2.34. The lowest BCUT2D eigenvalue weighted by molar-refractivity contribution is 0.0650. The van der Waals surface area contributed by atoms with Crippen LogP contribution in [-0.4, -0.2) is 56.5 Å². The van der Waals surface area contributed by atoms with Crippen LogP contribution in [0.4, 0.5) is 5.69 Å². The fraction of sp³-hybridized carbons (Fsp3) is 0.186. The van der Waals surface area contributed by atoms with Gasteiger partial charge >= 0.3 is 0 Å². The van der Waals surface area contributed by atoms with Gasteiger partial charge in [-0.2, -0.15) is 0 Å². The minimum absolute atomic E-state index is 0.0892. The number of rotatable bonds is 9. The molecule has 258 valence electrons. The number of hydrogen-bond donors (Lipinski definition) is 2. The summed E-state index contributed by atoms with van der Waals surface area (Å²) in [6, 6.07) is 31.4. The zero-order valence-corrected chi connectivity index (χ0v) is 28.6. The molecule has 4 amide bonds. The third kappa shape index (κ3) is 6.26. The summed E-state index contributed by atoms with van der Waals surface area (Å²) in [5.74, 6) is 0.106. The van der Waals surface area contributed by atoms with Crippen molar-refractivity contribution < 1.29 is 19.2 Å². The van der Waals surface area contributed by atoms with Gasteiger partial charge in [0.05, 0.1) is 16.8 Å². The van der Waals surface area contributed by atoms with Gasteiger partial charge in [0.2, 0.25) is 0 Å². The summed E-state index contributed by atoms with van der Waals surface area (Å²) in [6.45, 7) is 0.881. The maximum atomic E-state index is 14.0. The normalized spacial score (nSPS) is 14.9. The number of nitrogens with zero attached hydrogens (tertiary/aromatic N) is 3. The standard InChI is InChI=1S/C43H37N5O4/c49-40(32-15-5-4-14-31(32)28-12-2-1-3-13-28)44-30-23-21-29(22-24-30)41(50)47-27-25-36-39(35-18-8-9-19-37(35)47)46-38(45-36)20-10-11-26-48-42(51)33-16-6-7-17-34(33)43(48)52/h1-8,12-18,21-24H,9-11,19-20,25-27H2,(H,44,49)(H,45,46). The SMILES string of the molecule is O=C(Nc1ccc(C(=O)N2CCc3[nH]c(CCCCN4C(=O)c5ccccc5C4=O)nc3C3=C2CCC=C3)cc1)c1ccccc1-c1ccccc1. The summed E-state index contributed by atoms with van der Waals surface area (Å²) in [4.78, 5) is 64.5. The lowest BCUT2D eigenvalue weighted by Crippen LogP contribution is -2.32. The fourth-order valence-corrected chi connectivity index (χ4v) is 7.32. The van der Waals surface area contributed by atoms with Crippen molar-refractivity contribution in [2.45, 2.75) is 38.5 Å². The molecule has 0 bridgehead atoms. The molecule has 1 aliphatic carbocycles. The summed E-state index contributed by atoms with van der Waals surface area (Å²) < 4.78 is 0. The molecule has 2 aliphatic heterocycles. The molecule has 0 fully saturated rings. The van der Waals surface area contributed by atoms with E-state index < -0.39 is 0 Å². The Morgan fingerprint density at radius 3 is 2.21 bits per heavy atom. The summed E-state index contributed by atoms with van der Waals surface area (Å²) in [5, 5.41) is 3.00. The van der Waals surface area contributed by atoms with Gasteiger partial charge in [-0.15, -0.1) is 0 Å². The molecule has 0 saturated heterocycles. The Morgan fingerprint density at radius 1 is 0.769 bits per heavy atom. The molecule has 4 aromatic carbocycles. The topological polar surface area (TPSA) is 115 Å². The quantitative estimate of drug-likeness (QED) is 0.122. The van der Waals surface area contributed by atoms with E-state index in [1.165, 1.54) is 4.90 Å². The van der Waals surface area contributed by atoms with Crippen LogP contribution < -0.4 is 5.32 Å². The van der Waals surface area contributed by atoms with Gasteiger partial charge in [0.15, 0.2) is 0 Å². The predicted molar refractivity (Wildman–Crippen MR) is 200 cm³/mol. The Hall–Kier alpha value is -6.35. The maximum absolute atomic E-state index is 14.0. The number of aromatic nitrogens is 2. The van der Waals surface area contributed by atoms with Crippen molar-refractivity contribution in [2.75, 3.05) is 18.4 Å². The number of allylic oxidation sites excluding steroid dienone is 4. The second-order valence-corrected chi connectivity index (χ2v) is 13.2. The molecule has 0 saturated carbocycles. The number of unbranched alkanes of at least 4 members (excludes halogenated alkanes) is 1. The molecule has 8 rings (SSSR count). The van der Waals surface area contributed by atoms with Gasteiger partial charge < -0.3 is 15.2 Å². The van der Waals surface area contributed by atoms with Crippen molar-refractivity contribution >= 4 is 34.9 Å². The highest BCUT2D eigenvalue weighted by atomic mass is 16.2. The van der Waals surface area contributed by atoms with Crippen LogP contribution in [0.15, 0.2) is 121 Å². The Kier molecular flexibility index (Phi) is 8.91. The molecule has 0 atom stereocenters. The van der Waals surface area contributed by atoms with E-state index in [0.717, 1.165) is 58.9 Å². The number of aromatic amines is 1. The number of aryl methyl sites for hydroxylation is 1. The number of imide groups is 1. The first-order valence-corrected chi connectivity index (χ1v) is 17.8. The third-order valence-corrected chi connectivity index (χ3v) is 9.95. The van der Waals surface area contributed by atoms with E-state index in [-0.39, 0.29) is 23.6 Å². The first-order chi connectivity index (χ1) is 25.5. The molecule has 2 N–H and O–H groups in total. The highest BCUT2D eigenvalue weighted by Crippen LogP contribution is 2.35. The van der Waals surface area contributed by atoms with E-state index in [1.807, 2.05) is 59.5 Å². The Labute approximate surface area is 301 Å². The average Bonchev–Trinajstić information content (AvgIpc) is 3.65. The lowest BCUT2D eigenvalue weighted by atomic mass is 9.99. The summed E-state index contributed by atoms with van der Waals surface area (Å²) in [7, 11) is 0. The maximum Gasteiger partial charge on any atom is 0.261 e. The minimum Gasteiger partial charge on any atom is -0.345 e. The number of nitrogens with one attached hydrogen (secondary N) is 2. The number of carbonyl (C=O) groups is 4. The summed E-state index contributed by atoms with van der Waals surface area (Å²) in [6.07, 6.45) is 8.52. The van der Waals surface area contributed by atoms with Gasteiger partial charge in [-0.1, -0.05) is 72.8 Å². The number of benzene rings is 4. The average molecular weight is 688 g/mol. The molecule has 3 aliphatic rings. The van der Waals surface area contributed by atoms with Crippen LogP contribution in [0.5, 0.6) is 0 Å². The van der Waals surface area contributed by atoms with Gasteiger partial charge in [0, 0.05) is 59.7 Å². The van der Waals surface area contributed by atoms with Crippen molar-refractivity contribution in [2.24, 2.45) is 0 Å².